The average Bonchev–Trinajstić information content (AvgIpc) is 2.49. The van der Waals surface area contributed by atoms with E-state index < -0.39 is 0 Å². The van der Waals surface area contributed by atoms with Gasteiger partial charge < -0.3 is 10.6 Å². The molecule has 2 rings (SSSR count). The van der Waals surface area contributed by atoms with Gasteiger partial charge in [-0.05, 0) is 44.0 Å². The van der Waals surface area contributed by atoms with Crippen LogP contribution in [-0.2, 0) is 6.42 Å². The molecule has 22 heavy (non-hydrogen) atoms. The van der Waals surface area contributed by atoms with Gasteiger partial charge >= 0.3 is 0 Å². The number of nitrogens with zero attached hydrogens (tertiary/aromatic N) is 2. The van der Waals surface area contributed by atoms with Gasteiger partial charge in [-0.25, -0.2) is 9.97 Å². The Labute approximate surface area is 135 Å². The lowest BCUT2D eigenvalue weighted by atomic mass is 10.1. The molecule has 0 saturated heterocycles. The number of halogens is 1. The van der Waals surface area contributed by atoms with Crippen molar-refractivity contribution in [2.24, 2.45) is 0 Å². The SMILES string of the molecule is CC(C)Nc1nccc(C(=O)NCCc2ccc(Cl)cc2)n1. The maximum absolute atomic E-state index is 12.1. The molecule has 2 N–H and O–H groups in total. The maximum Gasteiger partial charge on any atom is 0.270 e. The minimum absolute atomic E-state index is 0.205. The van der Waals surface area contributed by atoms with E-state index in [4.69, 9.17) is 11.6 Å². The van der Waals surface area contributed by atoms with Crippen LogP contribution in [-0.4, -0.2) is 28.5 Å². The van der Waals surface area contributed by atoms with Gasteiger partial charge in [-0.3, -0.25) is 4.79 Å². The standard InChI is InChI=1S/C16H19ClN4O/c1-11(2)20-16-19-10-8-14(21-16)15(22)18-9-7-12-3-5-13(17)6-4-12/h3-6,8,10-11H,7,9H2,1-2H3,(H,18,22)(H,19,20,21). The summed E-state index contributed by atoms with van der Waals surface area (Å²) in [6, 6.07) is 9.39. The molecule has 0 spiro atoms. The van der Waals surface area contributed by atoms with Crippen molar-refractivity contribution in [3.63, 3.8) is 0 Å². The van der Waals surface area contributed by atoms with Crippen LogP contribution in [0.2, 0.25) is 5.02 Å². The predicted molar refractivity (Wildman–Crippen MR) is 88.3 cm³/mol. The minimum atomic E-state index is -0.205. The zero-order valence-corrected chi connectivity index (χ0v) is 13.4. The molecule has 0 saturated carbocycles. The second-order valence-corrected chi connectivity index (χ2v) is 5.63. The minimum Gasteiger partial charge on any atom is -0.352 e. The molecule has 1 heterocycles. The van der Waals surface area contributed by atoms with Crippen LogP contribution in [0.5, 0.6) is 0 Å². The smallest absolute Gasteiger partial charge is 0.270 e. The molecule has 0 bridgehead atoms. The molecule has 2 aromatic rings. The van der Waals surface area contributed by atoms with E-state index in [-0.39, 0.29) is 11.9 Å². The first-order valence-electron chi connectivity index (χ1n) is 7.17. The van der Waals surface area contributed by atoms with E-state index in [0.29, 0.717) is 23.2 Å². The van der Waals surface area contributed by atoms with Gasteiger partial charge in [0.25, 0.3) is 5.91 Å². The third-order valence-corrected chi connectivity index (χ3v) is 3.17. The van der Waals surface area contributed by atoms with E-state index in [2.05, 4.69) is 20.6 Å². The third-order valence-electron chi connectivity index (χ3n) is 2.92. The summed E-state index contributed by atoms with van der Waals surface area (Å²) < 4.78 is 0. The van der Waals surface area contributed by atoms with E-state index in [1.54, 1.807) is 12.3 Å². The lowest BCUT2D eigenvalue weighted by molar-refractivity contribution is 0.0949. The molecule has 0 aliphatic carbocycles. The maximum atomic E-state index is 12.1. The summed E-state index contributed by atoms with van der Waals surface area (Å²) in [6.07, 6.45) is 2.32. The van der Waals surface area contributed by atoms with Gasteiger partial charge in [0.05, 0.1) is 0 Å². The number of benzene rings is 1. The van der Waals surface area contributed by atoms with E-state index in [1.807, 2.05) is 38.1 Å². The molecule has 1 amide bonds. The normalized spacial score (nSPS) is 10.5. The second kappa shape index (κ2) is 7.75. The van der Waals surface area contributed by atoms with Crippen molar-refractivity contribution in [3.05, 3.63) is 52.8 Å². The number of amides is 1. The molecule has 0 radical (unpaired) electrons. The van der Waals surface area contributed by atoms with Gasteiger partial charge in [0.1, 0.15) is 5.69 Å². The van der Waals surface area contributed by atoms with Crippen molar-refractivity contribution in [1.29, 1.82) is 0 Å². The van der Waals surface area contributed by atoms with Crippen molar-refractivity contribution >= 4 is 23.5 Å². The number of hydrogen-bond donors (Lipinski definition) is 2. The fraction of sp³-hybridized carbons (Fsp3) is 0.312. The highest BCUT2D eigenvalue weighted by Gasteiger charge is 2.08. The molecule has 6 heteroatoms. The van der Waals surface area contributed by atoms with Crippen molar-refractivity contribution in [2.45, 2.75) is 26.3 Å². The number of nitrogens with one attached hydrogen (secondary N) is 2. The van der Waals surface area contributed by atoms with Crippen molar-refractivity contribution in [1.82, 2.24) is 15.3 Å². The zero-order chi connectivity index (χ0) is 15.9. The Kier molecular flexibility index (Phi) is 5.72. The monoisotopic (exact) mass is 318 g/mol. The lowest BCUT2D eigenvalue weighted by Gasteiger charge is -2.09. The highest BCUT2D eigenvalue weighted by atomic mass is 35.5. The second-order valence-electron chi connectivity index (χ2n) is 5.20. The first-order chi connectivity index (χ1) is 10.5. The molecule has 116 valence electrons. The van der Waals surface area contributed by atoms with E-state index >= 15 is 0 Å². The lowest BCUT2D eigenvalue weighted by Crippen LogP contribution is -2.27. The van der Waals surface area contributed by atoms with Crippen LogP contribution in [0.25, 0.3) is 0 Å². The highest BCUT2D eigenvalue weighted by molar-refractivity contribution is 6.30. The Morgan fingerprint density at radius 1 is 1.23 bits per heavy atom. The molecule has 1 aromatic carbocycles. The Hall–Kier alpha value is -2.14. The van der Waals surface area contributed by atoms with Gasteiger partial charge in [0.15, 0.2) is 0 Å². The zero-order valence-electron chi connectivity index (χ0n) is 12.6. The fourth-order valence-electron chi connectivity index (χ4n) is 1.87. The van der Waals surface area contributed by atoms with E-state index in [0.717, 1.165) is 12.0 Å². The van der Waals surface area contributed by atoms with Crippen LogP contribution in [0.3, 0.4) is 0 Å². The number of aromatic nitrogens is 2. The first-order valence-corrected chi connectivity index (χ1v) is 7.54. The Morgan fingerprint density at radius 2 is 1.95 bits per heavy atom. The van der Waals surface area contributed by atoms with Crippen LogP contribution in [0.4, 0.5) is 5.95 Å². The molecular formula is C16H19ClN4O. The van der Waals surface area contributed by atoms with Gasteiger partial charge in [0, 0.05) is 23.8 Å². The number of hydrogen-bond acceptors (Lipinski definition) is 4. The van der Waals surface area contributed by atoms with Gasteiger partial charge in [-0.1, -0.05) is 23.7 Å². The summed E-state index contributed by atoms with van der Waals surface area (Å²) in [5, 5.41) is 6.63. The molecule has 1 aromatic heterocycles. The molecule has 0 atom stereocenters. The molecule has 0 fully saturated rings. The number of rotatable bonds is 6. The largest absolute Gasteiger partial charge is 0.352 e. The third kappa shape index (κ3) is 5.00. The summed E-state index contributed by atoms with van der Waals surface area (Å²) >= 11 is 5.84. The number of carbonyl (C=O) groups is 1. The van der Waals surface area contributed by atoms with Crippen molar-refractivity contribution in [3.8, 4) is 0 Å². The number of anilines is 1. The van der Waals surface area contributed by atoms with Crippen LogP contribution in [0.15, 0.2) is 36.5 Å². The van der Waals surface area contributed by atoms with Crippen LogP contribution >= 0.6 is 11.6 Å². The average molecular weight is 319 g/mol. The van der Waals surface area contributed by atoms with Crippen LogP contribution in [0, 0.1) is 0 Å². The van der Waals surface area contributed by atoms with Crippen molar-refractivity contribution < 1.29 is 4.79 Å². The van der Waals surface area contributed by atoms with Crippen LogP contribution < -0.4 is 10.6 Å². The first kappa shape index (κ1) is 16.2. The Morgan fingerprint density at radius 3 is 2.64 bits per heavy atom. The molecule has 0 aliphatic rings. The fourth-order valence-corrected chi connectivity index (χ4v) is 2.00. The molecule has 0 aliphatic heterocycles. The summed E-state index contributed by atoms with van der Waals surface area (Å²) in [5.41, 5.74) is 1.48. The highest BCUT2D eigenvalue weighted by Crippen LogP contribution is 2.09. The van der Waals surface area contributed by atoms with Gasteiger partial charge in [0.2, 0.25) is 5.95 Å². The predicted octanol–water partition coefficient (Wildman–Crippen LogP) is 2.92. The quantitative estimate of drug-likeness (QED) is 0.859. The molecule has 0 unspecified atom stereocenters. The van der Waals surface area contributed by atoms with Crippen LogP contribution in [0.1, 0.15) is 29.9 Å². The van der Waals surface area contributed by atoms with Gasteiger partial charge in [-0.15, -0.1) is 0 Å². The topological polar surface area (TPSA) is 66.9 Å². The Bertz CT molecular complexity index is 628. The number of carbonyl (C=O) groups excluding carboxylic acids is 1. The van der Waals surface area contributed by atoms with E-state index in [1.165, 1.54) is 0 Å². The van der Waals surface area contributed by atoms with Gasteiger partial charge in [-0.2, -0.15) is 0 Å². The van der Waals surface area contributed by atoms with Crippen molar-refractivity contribution in [2.75, 3.05) is 11.9 Å². The molecular weight excluding hydrogens is 300 g/mol. The molecule has 5 nitrogen and oxygen atoms in total. The van der Waals surface area contributed by atoms with E-state index in [9.17, 15) is 4.79 Å². The summed E-state index contributed by atoms with van der Waals surface area (Å²) in [7, 11) is 0. The Balaban J connectivity index is 1.88. The summed E-state index contributed by atoms with van der Waals surface area (Å²) in [4.78, 5) is 20.4. The summed E-state index contributed by atoms with van der Waals surface area (Å²) in [6.45, 7) is 4.52. The summed E-state index contributed by atoms with van der Waals surface area (Å²) in [5.74, 6) is 0.253.